The van der Waals surface area contributed by atoms with Crippen LogP contribution in [-0.4, -0.2) is 22.5 Å². The van der Waals surface area contributed by atoms with E-state index in [1.807, 2.05) is 6.07 Å². The van der Waals surface area contributed by atoms with Gasteiger partial charge in [0.2, 0.25) is 0 Å². The van der Waals surface area contributed by atoms with Gasteiger partial charge in [0.05, 0.1) is 27.9 Å². The summed E-state index contributed by atoms with van der Waals surface area (Å²) in [6.45, 7) is 3.84. The number of ether oxygens (including phenoxy) is 1. The van der Waals surface area contributed by atoms with Crippen molar-refractivity contribution in [2.24, 2.45) is 0 Å². The summed E-state index contributed by atoms with van der Waals surface area (Å²) in [4.78, 5) is 20.2. The fourth-order valence-corrected chi connectivity index (χ4v) is 2.16. The van der Waals surface area contributed by atoms with Crippen molar-refractivity contribution in [3.05, 3.63) is 57.1 Å². The summed E-state index contributed by atoms with van der Waals surface area (Å²) in [5, 5.41) is 1.00. The maximum Gasteiger partial charge on any atom is 0.341 e. The van der Waals surface area contributed by atoms with E-state index in [-0.39, 0.29) is 0 Å². The quantitative estimate of drug-likeness (QED) is 0.801. The summed E-state index contributed by atoms with van der Waals surface area (Å²) in [6.07, 6.45) is 2.01. The summed E-state index contributed by atoms with van der Waals surface area (Å²) in [7, 11) is 0. The van der Waals surface area contributed by atoms with Gasteiger partial charge in [-0.2, -0.15) is 0 Å². The van der Waals surface area contributed by atoms with Crippen LogP contribution >= 0.6 is 23.2 Å². The van der Waals surface area contributed by atoms with Crippen LogP contribution in [-0.2, 0) is 11.2 Å². The van der Waals surface area contributed by atoms with Gasteiger partial charge in [0, 0.05) is 12.6 Å². The Morgan fingerprint density at radius 1 is 1.29 bits per heavy atom. The van der Waals surface area contributed by atoms with Crippen molar-refractivity contribution in [1.29, 1.82) is 0 Å². The molecule has 1 heterocycles. The molecule has 0 saturated heterocycles. The average molecular weight is 325 g/mol. The Kier molecular flexibility index (Phi) is 5.15. The van der Waals surface area contributed by atoms with E-state index in [1.54, 1.807) is 26.0 Å². The SMILES string of the molecule is CCOC(=O)c1cnc(Cc2ccc(Cl)c(Cl)c2)nc1C. The van der Waals surface area contributed by atoms with Gasteiger partial charge in [-0.25, -0.2) is 14.8 Å². The van der Waals surface area contributed by atoms with Gasteiger partial charge in [-0.05, 0) is 31.5 Å². The second kappa shape index (κ2) is 6.87. The van der Waals surface area contributed by atoms with Gasteiger partial charge >= 0.3 is 5.97 Å². The number of benzene rings is 1. The molecule has 0 bridgehead atoms. The Labute approximate surface area is 133 Å². The van der Waals surface area contributed by atoms with Crippen molar-refractivity contribution in [1.82, 2.24) is 9.97 Å². The van der Waals surface area contributed by atoms with Gasteiger partial charge in [-0.15, -0.1) is 0 Å². The molecule has 0 aliphatic heterocycles. The highest BCUT2D eigenvalue weighted by molar-refractivity contribution is 6.42. The largest absolute Gasteiger partial charge is 0.462 e. The molecule has 0 fully saturated rings. The minimum atomic E-state index is -0.406. The summed E-state index contributed by atoms with van der Waals surface area (Å²) in [5.74, 6) is 0.204. The number of halogens is 2. The van der Waals surface area contributed by atoms with Crippen LogP contribution in [0.5, 0.6) is 0 Å². The molecule has 2 aromatic rings. The average Bonchev–Trinajstić information content (AvgIpc) is 2.43. The summed E-state index contributed by atoms with van der Waals surface area (Å²) >= 11 is 11.9. The first-order valence-electron chi connectivity index (χ1n) is 6.44. The highest BCUT2D eigenvalue weighted by atomic mass is 35.5. The molecule has 0 aliphatic carbocycles. The molecule has 0 amide bonds. The molecule has 110 valence electrons. The Balaban J connectivity index is 2.20. The standard InChI is InChI=1S/C15H14Cl2N2O2/c1-3-21-15(20)11-8-18-14(19-9(11)2)7-10-4-5-12(16)13(17)6-10/h4-6,8H,3,7H2,1-2H3. The smallest absolute Gasteiger partial charge is 0.341 e. The third-order valence-corrected chi connectivity index (χ3v) is 3.61. The number of esters is 1. The van der Waals surface area contributed by atoms with Gasteiger partial charge in [0.15, 0.2) is 0 Å². The van der Waals surface area contributed by atoms with Gasteiger partial charge in [0.25, 0.3) is 0 Å². The molecule has 0 N–H and O–H groups in total. The third kappa shape index (κ3) is 3.93. The molecule has 0 aliphatic rings. The fourth-order valence-electron chi connectivity index (χ4n) is 1.84. The van der Waals surface area contributed by atoms with Crippen LogP contribution in [0, 0.1) is 6.92 Å². The Morgan fingerprint density at radius 2 is 2.05 bits per heavy atom. The molecule has 1 aromatic carbocycles. The number of hydrogen-bond donors (Lipinski definition) is 0. The molecular formula is C15H14Cl2N2O2. The molecular weight excluding hydrogens is 311 g/mol. The molecule has 21 heavy (non-hydrogen) atoms. The van der Waals surface area contributed by atoms with Crippen molar-refractivity contribution < 1.29 is 9.53 Å². The van der Waals surface area contributed by atoms with Crippen molar-refractivity contribution in [2.75, 3.05) is 6.61 Å². The molecule has 0 saturated carbocycles. The zero-order chi connectivity index (χ0) is 15.4. The Bertz CT molecular complexity index is 675. The Morgan fingerprint density at radius 3 is 2.67 bits per heavy atom. The first-order chi connectivity index (χ1) is 10.0. The fraction of sp³-hybridized carbons (Fsp3) is 0.267. The number of aryl methyl sites for hydroxylation is 1. The minimum Gasteiger partial charge on any atom is -0.462 e. The maximum absolute atomic E-state index is 11.7. The van der Waals surface area contributed by atoms with Crippen LogP contribution in [0.2, 0.25) is 10.0 Å². The second-order valence-electron chi connectivity index (χ2n) is 4.43. The molecule has 0 spiro atoms. The molecule has 6 heteroatoms. The summed E-state index contributed by atoms with van der Waals surface area (Å²) < 4.78 is 4.94. The zero-order valence-electron chi connectivity index (χ0n) is 11.7. The van der Waals surface area contributed by atoms with Crippen LogP contribution in [0.1, 0.15) is 34.4 Å². The van der Waals surface area contributed by atoms with E-state index in [0.29, 0.717) is 40.2 Å². The van der Waals surface area contributed by atoms with Crippen molar-refractivity contribution in [3.63, 3.8) is 0 Å². The third-order valence-electron chi connectivity index (χ3n) is 2.87. The Hall–Kier alpha value is -1.65. The minimum absolute atomic E-state index is 0.323. The zero-order valence-corrected chi connectivity index (χ0v) is 13.2. The lowest BCUT2D eigenvalue weighted by Gasteiger charge is -2.07. The highest BCUT2D eigenvalue weighted by Crippen LogP contribution is 2.23. The predicted molar refractivity (Wildman–Crippen MR) is 82.0 cm³/mol. The van der Waals surface area contributed by atoms with Crippen molar-refractivity contribution in [2.45, 2.75) is 20.3 Å². The number of aromatic nitrogens is 2. The number of rotatable bonds is 4. The monoisotopic (exact) mass is 324 g/mol. The van der Waals surface area contributed by atoms with E-state index in [1.165, 1.54) is 6.20 Å². The number of carbonyl (C=O) groups is 1. The highest BCUT2D eigenvalue weighted by Gasteiger charge is 2.13. The van der Waals surface area contributed by atoms with E-state index in [2.05, 4.69) is 9.97 Å². The van der Waals surface area contributed by atoms with Crippen LogP contribution < -0.4 is 0 Å². The van der Waals surface area contributed by atoms with Crippen LogP contribution in [0.15, 0.2) is 24.4 Å². The van der Waals surface area contributed by atoms with Crippen LogP contribution in [0.4, 0.5) is 0 Å². The normalized spacial score (nSPS) is 10.5. The maximum atomic E-state index is 11.7. The molecule has 0 radical (unpaired) electrons. The topological polar surface area (TPSA) is 52.1 Å². The van der Waals surface area contributed by atoms with Crippen molar-refractivity contribution >= 4 is 29.2 Å². The van der Waals surface area contributed by atoms with E-state index < -0.39 is 5.97 Å². The van der Waals surface area contributed by atoms with Gasteiger partial charge in [0.1, 0.15) is 5.82 Å². The first kappa shape index (κ1) is 15.7. The van der Waals surface area contributed by atoms with E-state index in [0.717, 1.165) is 5.56 Å². The lowest BCUT2D eigenvalue weighted by Crippen LogP contribution is -2.10. The number of hydrogen-bond acceptors (Lipinski definition) is 4. The van der Waals surface area contributed by atoms with E-state index in [4.69, 9.17) is 27.9 Å². The van der Waals surface area contributed by atoms with Crippen molar-refractivity contribution in [3.8, 4) is 0 Å². The second-order valence-corrected chi connectivity index (χ2v) is 5.25. The molecule has 0 unspecified atom stereocenters. The molecule has 4 nitrogen and oxygen atoms in total. The van der Waals surface area contributed by atoms with E-state index in [9.17, 15) is 4.79 Å². The van der Waals surface area contributed by atoms with Gasteiger partial charge < -0.3 is 4.74 Å². The molecule has 2 rings (SSSR count). The number of nitrogens with zero attached hydrogens (tertiary/aromatic N) is 2. The van der Waals surface area contributed by atoms with E-state index >= 15 is 0 Å². The van der Waals surface area contributed by atoms with Crippen LogP contribution in [0.3, 0.4) is 0 Å². The van der Waals surface area contributed by atoms with Gasteiger partial charge in [-0.1, -0.05) is 29.3 Å². The summed E-state index contributed by atoms with van der Waals surface area (Å²) in [6, 6.07) is 5.38. The predicted octanol–water partition coefficient (Wildman–Crippen LogP) is 3.86. The number of carbonyl (C=O) groups excluding carboxylic acids is 1. The van der Waals surface area contributed by atoms with Crippen LogP contribution in [0.25, 0.3) is 0 Å². The summed E-state index contributed by atoms with van der Waals surface area (Å²) in [5.41, 5.74) is 1.93. The molecule has 1 aromatic heterocycles. The lowest BCUT2D eigenvalue weighted by molar-refractivity contribution is 0.0524. The van der Waals surface area contributed by atoms with Gasteiger partial charge in [-0.3, -0.25) is 0 Å². The lowest BCUT2D eigenvalue weighted by atomic mass is 10.1. The molecule has 0 atom stereocenters. The first-order valence-corrected chi connectivity index (χ1v) is 7.20.